The highest BCUT2D eigenvalue weighted by atomic mass is 16.3. The van der Waals surface area contributed by atoms with E-state index in [-0.39, 0.29) is 11.1 Å². The first-order valence-corrected chi connectivity index (χ1v) is 6.54. The van der Waals surface area contributed by atoms with E-state index in [1.807, 2.05) is 32.0 Å². The van der Waals surface area contributed by atoms with Crippen molar-refractivity contribution in [2.24, 2.45) is 11.5 Å². The molecule has 0 heterocycles. The average Bonchev–Trinajstić information content (AvgIpc) is 2.25. The zero-order chi connectivity index (χ0) is 13.8. The number of nitrogens with two attached hydrogens (primary N) is 2. The molecular weight excluding hydrogens is 224 g/mol. The van der Waals surface area contributed by atoms with Gasteiger partial charge in [-0.05, 0) is 58.1 Å². The van der Waals surface area contributed by atoms with Crippen LogP contribution < -0.4 is 11.5 Å². The molecule has 0 amide bonds. The zero-order valence-corrected chi connectivity index (χ0v) is 11.7. The fourth-order valence-electron chi connectivity index (χ4n) is 1.88. The molecule has 0 aliphatic carbocycles. The van der Waals surface area contributed by atoms with Crippen LogP contribution in [0.1, 0.15) is 45.6 Å². The molecule has 3 heteroatoms. The van der Waals surface area contributed by atoms with Crippen LogP contribution in [0, 0.1) is 0 Å². The SMILES string of the molecule is CC(C)(N)CCC(C)(N)CCc1ccccc1O. The second-order valence-electron chi connectivity index (χ2n) is 6.27. The van der Waals surface area contributed by atoms with Crippen LogP contribution in [0.2, 0.25) is 0 Å². The van der Waals surface area contributed by atoms with Crippen LogP contribution in [0.15, 0.2) is 24.3 Å². The van der Waals surface area contributed by atoms with Crippen molar-refractivity contribution in [2.45, 2.75) is 57.5 Å². The largest absolute Gasteiger partial charge is 0.508 e. The molecule has 0 aliphatic heterocycles. The van der Waals surface area contributed by atoms with Gasteiger partial charge in [0.05, 0.1) is 0 Å². The molecule has 1 unspecified atom stereocenters. The molecule has 1 rings (SSSR count). The molecule has 1 atom stereocenters. The Morgan fingerprint density at radius 1 is 1.00 bits per heavy atom. The minimum absolute atomic E-state index is 0.171. The van der Waals surface area contributed by atoms with Gasteiger partial charge in [-0.25, -0.2) is 0 Å². The number of phenolic OH excluding ortho intramolecular Hbond substituents is 1. The maximum absolute atomic E-state index is 9.71. The lowest BCUT2D eigenvalue weighted by molar-refractivity contribution is 0.337. The number of aryl methyl sites for hydroxylation is 1. The van der Waals surface area contributed by atoms with E-state index in [2.05, 4.69) is 6.92 Å². The number of phenols is 1. The van der Waals surface area contributed by atoms with Crippen molar-refractivity contribution in [3.63, 3.8) is 0 Å². The number of hydrogen-bond donors (Lipinski definition) is 3. The molecular formula is C15H26N2O. The van der Waals surface area contributed by atoms with Crippen LogP contribution in [0.3, 0.4) is 0 Å². The maximum Gasteiger partial charge on any atom is 0.118 e. The van der Waals surface area contributed by atoms with Crippen molar-refractivity contribution < 1.29 is 5.11 Å². The van der Waals surface area contributed by atoms with Gasteiger partial charge in [-0.3, -0.25) is 0 Å². The highest BCUT2D eigenvalue weighted by Gasteiger charge is 2.22. The topological polar surface area (TPSA) is 72.3 Å². The van der Waals surface area contributed by atoms with Gasteiger partial charge in [-0.15, -0.1) is 0 Å². The van der Waals surface area contributed by atoms with E-state index in [0.29, 0.717) is 5.75 Å². The van der Waals surface area contributed by atoms with Gasteiger partial charge in [-0.1, -0.05) is 18.2 Å². The number of aromatic hydroxyl groups is 1. The van der Waals surface area contributed by atoms with E-state index < -0.39 is 0 Å². The highest BCUT2D eigenvalue weighted by Crippen LogP contribution is 2.24. The Kier molecular flexibility index (Phi) is 4.77. The number of rotatable bonds is 6. The first-order valence-electron chi connectivity index (χ1n) is 6.54. The van der Waals surface area contributed by atoms with Crippen molar-refractivity contribution in [1.29, 1.82) is 0 Å². The third-order valence-electron chi connectivity index (χ3n) is 3.30. The molecule has 1 aromatic carbocycles. The fourth-order valence-corrected chi connectivity index (χ4v) is 1.88. The van der Waals surface area contributed by atoms with Gasteiger partial charge in [0.2, 0.25) is 0 Å². The van der Waals surface area contributed by atoms with Crippen molar-refractivity contribution in [1.82, 2.24) is 0 Å². The van der Waals surface area contributed by atoms with Crippen molar-refractivity contribution in [3.8, 4) is 5.75 Å². The Morgan fingerprint density at radius 2 is 1.61 bits per heavy atom. The Bertz CT molecular complexity index is 380. The molecule has 3 nitrogen and oxygen atoms in total. The lowest BCUT2D eigenvalue weighted by Crippen LogP contribution is -2.41. The van der Waals surface area contributed by atoms with E-state index >= 15 is 0 Å². The number of hydrogen-bond acceptors (Lipinski definition) is 3. The van der Waals surface area contributed by atoms with E-state index in [4.69, 9.17) is 11.5 Å². The predicted octanol–water partition coefficient (Wildman–Crippen LogP) is 2.56. The zero-order valence-electron chi connectivity index (χ0n) is 11.7. The summed E-state index contributed by atoms with van der Waals surface area (Å²) >= 11 is 0. The summed E-state index contributed by atoms with van der Waals surface area (Å²) in [6.45, 7) is 6.09. The van der Waals surface area contributed by atoms with Gasteiger partial charge in [0, 0.05) is 11.1 Å². The Labute approximate surface area is 110 Å². The predicted molar refractivity (Wildman–Crippen MR) is 76.5 cm³/mol. The molecule has 0 aromatic heterocycles. The van der Waals surface area contributed by atoms with Gasteiger partial charge >= 0.3 is 0 Å². The van der Waals surface area contributed by atoms with Gasteiger partial charge in [0.25, 0.3) is 0 Å². The fraction of sp³-hybridized carbons (Fsp3) is 0.600. The molecule has 102 valence electrons. The number of benzene rings is 1. The Balaban J connectivity index is 2.49. The Morgan fingerprint density at radius 3 is 2.17 bits per heavy atom. The third kappa shape index (κ3) is 5.52. The van der Waals surface area contributed by atoms with Crippen LogP contribution in [0.5, 0.6) is 5.75 Å². The van der Waals surface area contributed by atoms with Crippen molar-refractivity contribution in [3.05, 3.63) is 29.8 Å². The van der Waals surface area contributed by atoms with Crippen LogP contribution in [0.4, 0.5) is 0 Å². The monoisotopic (exact) mass is 250 g/mol. The molecule has 0 fully saturated rings. The normalized spacial score (nSPS) is 15.4. The van der Waals surface area contributed by atoms with Crippen LogP contribution in [-0.2, 0) is 6.42 Å². The summed E-state index contributed by atoms with van der Waals surface area (Å²) < 4.78 is 0. The quantitative estimate of drug-likeness (QED) is 0.726. The van der Waals surface area contributed by atoms with Gasteiger partial charge in [0.15, 0.2) is 0 Å². The summed E-state index contributed by atoms with van der Waals surface area (Å²) in [5.74, 6) is 0.354. The molecule has 0 saturated heterocycles. The third-order valence-corrected chi connectivity index (χ3v) is 3.30. The molecule has 0 radical (unpaired) electrons. The molecule has 0 saturated carbocycles. The van der Waals surface area contributed by atoms with Gasteiger partial charge in [0.1, 0.15) is 5.75 Å². The Hall–Kier alpha value is -1.06. The van der Waals surface area contributed by atoms with E-state index in [1.54, 1.807) is 6.07 Å². The smallest absolute Gasteiger partial charge is 0.118 e. The maximum atomic E-state index is 9.71. The average molecular weight is 250 g/mol. The van der Waals surface area contributed by atoms with Crippen LogP contribution in [-0.4, -0.2) is 16.2 Å². The van der Waals surface area contributed by atoms with E-state index in [9.17, 15) is 5.11 Å². The second kappa shape index (κ2) is 5.72. The van der Waals surface area contributed by atoms with Crippen molar-refractivity contribution >= 4 is 0 Å². The van der Waals surface area contributed by atoms with Crippen molar-refractivity contribution in [2.75, 3.05) is 0 Å². The summed E-state index contributed by atoms with van der Waals surface area (Å²) in [7, 11) is 0. The van der Waals surface area contributed by atoms with Gasteiger partial charge in [-0.2, -0.15) is 0 Å². The summed E-state index contributed by atoms with van der Waals surface area (Å²) in [6, 6.07) is 7.42. The standard InChI is InChI=1S/C15H26N2O/c1-14(2,16)10-11-15(3,17)9-8-12-6-4-5-7-13(12)18/h4-7,18H,8-11,16-17H2,1-3H3. The van der Waals surface area contributed by atoms with Crippen LogP contribution in [0.25, 0.3) is 0 Å². The number of para-hydroxylation sites is 1. The first-order chi connectivity index (χ1) is 8.20. The summed E-state index contributed by atoms with van der Waals surface area (Å²) in [6.07, 6.45) is 3.44. The van der Waals surface area contributed by atoms with E-state index in [1.165, 1.54) is 0 Å². The first kappa shape index (κ1) is 15.0. The van der Waals surface area contributed by atoms with Gasteiger partial charge < -0.3 is 16.6 Å². The molecule has 18 heavy (non-hydrogen) atoms. The minimum Gasteiger partial charge on any atom is -0.508 e. The minimum atomic E-state index is -0.237. The lowest BCUT2D eigenvalue weighted by atomic mass is 9.85. The molecule has 1 aromatic rings. The summed E-state index contributed by atoms with van der Waals surface area (Å²) in [5.41, 5.74) is 12.8. The van der Waals surface area contributed by atoms with Crippen LogP contribution >= 0.6 is 0 Å². The lowest BCUT2D eigenvalue weighted by Gasteiger charge is -2.29. The molecule has 5 N–H and O–H groups in total. The summed E-state index contributed by atoms with van der Waals surface area (Å²) in [4.78, 5) is 0. The molecule has 0 aliphatic rings. The van der Waals surface area contributed by atoms with E-state index in [0.717, 1.165) is 31.2 Å². The molecule has 0 bridgehead atoms. The second-order valence-corrected chi connectivity index (χ2v) is 6.27. The summed E-state index contributed by atoms with van der Waals surface area (Å²) in [5, 5.41) is 9.71. The highest BCUT2D eigenvalue weighted by molar-refractivity contribution is 5.31. The molecule has 0 spiro atoms.